The van der Waals surface area contributed by atoms with Gasteiger partial charge in [-0.25, -0.2) is 4.39 Å². The highest BCUT2D eigenvalue weighted by Crippen LogP contribution is 2.24. The van der Waals surface area contributed by atoms with Crippen LogP contribution in [-0.2, 0) is 4.79 Å². The fourth-order valence-electron chi connectivity index (χ4n) is 1.97. The maximum absolute atomic E-state index is 13.0. The van der Waals surface area contributed by atoms with Crippen molar-refractivity contribution in [1.29, 1.82) is 0 Å². The molecule has 1 unspecified atom stereocenters. The van der Waals surface area contributed by atoms with Gasteiger partial charge in [0.1, 0.15) is 5.82 Å². The second-order valence-electron chi connectivity index (χ2n) is 6.13. The van der Waals surface area contributed by atoms with Crippen LogP contribution in [0.25, 0.3) is 0 Å². The average molecular weight is 407 g/mol. The van der Waals surface area contributed by atoms with Gasteiger partial charge in [0, 0.05) is 10.1 Å². The Bertz CT molecular complexity index is 540. The Morgan fingerprint density at radius 2 is 2.00 bits per heavy atom. The Balaban J connectivity index is 2.71. The first-order valence-electron chi connectivity index (χ1n) is 6.56. The number of amides is 1. The van der Waals surface area contributed by atoms with Crippen LogP contribution in [0.1, 0.15) is 37.6 Å². The SMILES string of the molecule is CC(C)(C)CC(CNC(=O)c1ccc(F)cc1I)C(=O)O. The van der Waals surface area contributed by atoms with Crippen LogP contribution >= 0.6 is 22.6 Å². The minimum atomic E-state index is -0.931. The molecule has 4 nitrogen and oxygen atoms in total. The van der Waals surface area contributed by atoms with E-state index >= 15 is 0 Å². The third kappa shape index (κ3) is 5.99. The summed E-state index contributed by atoms with van der Waals surface area (Å²) in [5.74, 6) is -2.38. The largest absolute Gasteiger partial charge is 0.481 e. The molecule has 0 aliphatic carbocycles. The number of rotatable bonds is 5. The molecule has 1 amide bonds. The van der Waals surface area contributed by atoms with E-state index in [0.717, 1.165) is 0 Å². The molecule has 1 atom stereocenters. The van der Waals surface area contributed by atoms with Crippen molar-refractivity contribution in [1.82, 2.24) is 5.32 Å². The number of carbonyl (C=O) groups excluding carboxylic acids is 1. The van der Waals surface area contributed by atoms with Gasteiger partial charge in [-0.1, -0.05) is 20.8 Å². The normalized spacial score (nSPS) is 12.8. The quantitative estimate of drug-likeness (QED) is 0.737. The summed E-state index contributed by atoms with van der Waals surface area (Å²) in [7, 11) is 0. The Kier molecular flexibility index (Phi) is 6.12. The topological polar surface area (TPSA) is 66.4 Å². The molecule has 1 aromatic rings. The van der Waals surface area contributed by atoms with Crippen molar-refractivity contribution in [2.45, 2.75) is 27.2 Å². The highest BCUT2D eigenvalue weighted by Gasteiger charge is 2.25. The lowest BCUT2D eigenvalue weighted by Crippen LogP contribution is -2.35. The van der Waals surface area contributed by atoms with Gasteiger partial charge in [-0.15, -0.1) is 0 Å². The van der Waals surface area contributed by atoms with Crippen LogP contribution in [0.2, 0.25) is 0 Å². The number of carbonyl (C=O) groups is 2. The second kappa shape index (κ2) is 7.20. The van der Waals surface area contributed by atoms with Gasteiger partial charge >= 0.3 is 5.97 Å². The summed E-state index contributed by atoms with van der Waals surface area (Å²) in [5.41, 5.74) is 0.204. The van der Waals surface area contributed by atoms with Gasteiger partial charge in [0.25, 0.3) is 5.91 Å². The van der Waals surface area contributed by atoms with Gasteiger partial charge in [-0.2, -0.15) is 0 Å². The molecule has 0 saturated heterocycles. The number of hydrogen-bond donors (Lipinski definition) is 2. The highest BCUT2D eigenvalue weighted by molar-refractivity contribution is 14.1. The Hall–Kier alpha value is -1.18. The molecule has 0 radical (unpaired) electrons. The first-order valence-corrected chi connectivity index (χ1v) is 7.64. The lowest BCUT2D eigenvalue weighted by molar-refractivity contribution is -0.142. The molecule has 21 heavy (non-hydrogen) atoms. The Labute approximate surface area is 137 Å². The average Bonchev–Trinajstić information content (AvgIpc) is 2.32. The zero-order valence-corrected chi connectivity index (χ0v) is 14.4. The molecule has 0 aromatic heterocycles. The van der Waals surface area contributed by atoms with Crippen LogP contribution in [0.4, 0.5) is 4.39 Å². The fraction of sp³-hybridized carbons (Fsp3) is 0.467. The molecule has 2 N–H and O–H groups in total. The van der Waals surface area contributed by atoms with Gasteiger partial charge < -0.3 is 10.4 Å². The molecule has 0 aliphatic heterocycles. The van der Waals surface area contributed by atoms with E-state index in [2.05, 4.69) is 5.32 Å². The van der Waals surface area contributed by atoms with Crippen molar-refractivity contribution in [3.8, 4) is 0 Å². The first kappa shape index (κ1) is 17.9. The number of carboxylic acids is 1. The lowest BCUT2D eigenvalue weighted by atomic mass is 9.84. The summed E-state index contributed by atoms with van der Waals surface area (Å²) in [6, 6.07) is 3.87. The van der Waals surface area contributed by atoms with Crippen LogP contribution in [0.15, 0.2) is 18.2 Å². The number of hydrogen-bond acceptors (Lipinski definition) is 2. The minimum absolute atomic E-state index is 0.0545. The Morgan fingerprint density at radius 1 is 1.38 bits per heavy atom. The van der Waals surface area contributed by atoms with Crippen molar-refractivity contribution in [2.75, 3.05) is 6.54 Å². The van der Waals surface area contributed by atoms with Crippen LogP contribution in [0, 0.1) is 20.7 Å². The zero-order valence-electron chi connectivity index (χ0n) is 12.2. The van der Waals surface area contributed by atoms with Crippen molar-refractivity contribution >= 4 is 34.5 Å². The van der Waals surface area contributed by atoms with Gasteiger partial charge in [0.15, 0.2) is 0 Å². The van der Waals surface area contributed by atoms with E-state index in [9.17, 15) is 19.1 Å². The molecule has 0 saturated carbocycles. The van der Waals surface area contributed by atoms with E-state index in [-0.39, 0.29) is 17.9 Å². The van der Waals surface area contributed by atoms with Gasteiger partial charge in [0.05, 0.1) is 11.5 Å². The standard InChI is InChI=1S/C15H19FINO3/c1-15(2,3)7-9(14(20)21)8-18-13(19)11-5-4-10(16)6-12(11)17/h4-6,9H,7-8H2,1-3H3,(H,18,19)(H,20,21). The number of nitrogens with one attached hydrogen (secondary N) is 1. The van der Waals surface area contributed by atoms with Crippen LogP contribution in [0.3, 0.4) is 0 Å². The third-order valence-electron chi connectivity index (χ3n) is 2.89. The van der Waals surface area contributed by atoms with E-state index < -0.39 is 17.7 Å². The van der Waals surface area contributed by atoms with E-state index in [4.69, 9.17) is 0 Å². The maximum atomic E-state index is 13.0. The van der Waals surface area contributed by atoms with Crippen molar-refractivity contribution in [3.05, 3.63) is 33.1 Å². The van der Waals surface area contributed by atoms with Gasteiger partial charge in [0.2, 0.25) is 0 Å². The molecule has 1 rings (SSSR count). The van der Waals surface area contributed by atoms with E-state index in [1.807, 2.05) is 43.4 Å². The van der Waals surface area contributed by atoms with Gasteiger partial charge in [-0.05, 0) is 52.6 Å². The number of aliphatic carboxylic acids is 1. The molecular formula is C15H19FINO3. The Morgan fingerprint density at radius 3 is 2.48 bits per heavy atom. The van der Waals surface area contributed by atoms with Gasteiger partial charge in [-0.3, -0.25) is 9.59 Å². The molecule has 0 aliphatic rings. The predicted octanol–water partition coefficient (Wildman–Crippen LogP) is 3.30. The summed E-state index contributed by atoms with van der Waals surface area (Å²) in [5, 5.41) is 11.8. The molecule has 1 aromatic carbocycles. The maximum Gasteiger partial charge on any atom is 0.308 e. The molecule has 6 heteroatoms. The van der Waals surface area contributed by atoms with Crippen molar-refractivity contribution in [2.24, 2.45) is 11.3 Å². The molecule has 0 heterocycles. The third-order valence-corrected chi connectivity index (χ3v) is 3.79. The van der Waals surface area contributed by atoms with Crippen LogP contribution in [0.5, 0.6) is 0 Å². The van der Waals surface area contributed by atoms with E-state index in [1.54, 1.807) is 0 Å². The summed E-state index contributed by atoms with van der Waals surface area (Å²) in [4.78, 5) is 23.3. The molecule has 0 fully saturated rings. The van der Waals surface area contributed by atoms with Crippen molar-refractivity contribution in [3.63, 3.8) is 0 Å². The van der Waals surface area contributed by atoms with E-state index in [1.165, 1.54) is 18.2 Å². The second-order valence-corrected chi connectivity index (χ2v) is 7.30. The lowest BCUT2D eigenvalue weighted by Gasteiger charge is -2.23. The first-order chi connectivity index (χ1) is 9.60. The predicted molar refractivity (Wildman–Crippen MR) is 86.6 cm³/mol. The number of benzene rings is 1. The fourth-order valence-corrected chi connectivity index (χ4v) is 2.69. The smallest absolute Gasteiger partial charge is 0.308 e. The zero-order chi connectivity index (χ0) is 16.2. The molecular weight excluding hydrogens is 388 g/mol. The summed E-state index contributed by atoms with van der Waals surface area (Å²) in [6.07, 6.45) is 0.461. The minimum Gasteiger partial charge on any atom is -0.481 e. The summed E-state index contributed by atoms with van der Waals surface area (Å²) in [6.45, 7) is 5.91. The summed E-state index contributed by atoms with van der Waals surface area (Å²) < 4.78 is 13.5. The van der Waals surface area contributed by atoms with E-state index in [0.29, 0.717) is 15.6 Å². The van der Waals surface area contributed by atoms with Crippen molar-refractivity contribution < 1.29 is 19.1 Å². The highest BCUT2D eigenvalue weighted by atomic mass is 127. The number of halogens is 2. The van der Waals surface area contributed by atoms with Crippen LogP contribution in [-0.4, -0.2) is 23.5 Å². The number of carboxylic acid groups (broad SMARTS) is 1. The molecule has 0 bridgehead atoms. The molecule has 116 valence electrons. The van der Waals surface area contributed by atoms with Crippen LogP contribution < -0.4 is 5.32 Å². The summed E-state index contributed by atoms with van der Waals surface area (Å²) >= 11 is 1.88. The molecule has 0 spiro atoms. The monoisotopic (exact) mass is 407 g/mol.